The molecule has 0 spiro atoms. The average molecular weight is 208 g/mol. The predicted molar refractivity (Wildman–Crippen MR) is 60.8 cm³/mol. The number of carbonyl (C=O) groups excluding carboxylic acids is 1. The summed E-state index contributed by atoms with van der Waals surface area (Å²) in [6.07, 6.45) is 3.05. The van der Waals surface area contributed by atoms with Crippen LogP contribution in [-0.2, 0) is 11.2 Å². The molecule has 0 aliphatic carbocycles. The van der Waals surface area contributed by atoms with E-state index < -0.39 is 0 Å². The molecule has 0 bridgehead atoms. The van der Waals surface area contributed by atoms with Crippen molar-refractivity contribution >= 4 is 5.78 Å². The Morgan fingerprint density at radius 3 is 2.53 bits per heavy atom. The van der Waals surface area contributed by atoms with Crippen LogP contribution in [0.3, 0.4) is 0 Å². The molecular weight excluding hydrogens is 188 g/mol. The zero-order valence-electron chi connectivity index (χ0n) is 10.0. The van der Waals surface area contributed by atoms with Gasteiger partial charge in [0.15, 0.2) is 0 Å². The highest BCUT2D eigenvalue weighted by Gasteiger charge is 2.09. The van der Waals surface area contributed by atoms with Crippen LogP contribution in [0, 0.1) is 5.92 Å². The molecule has 0 atom stereocenters. The molecule has 0 saturated heterocycles. The van der Waals surface area contributed by atoms with E-state index in [0.717, 1.165) is 5.69 Å². The summed E-state index contributed by atoms with van der Waals surface area (Å²) in [6, 6.07) is 2.29. The minimum Gasteiger partial charge on any atom is -0.299 e. The van der Waals surface area contributed by atoms with Crippen molar-refractivity contribution in [2.75, 3.05) is 0 Å². The van der Waals surface area contributed by atoms with Crippen molar-refractivity contribution in [1.82, 2.24) is 9.78 Å². The van der Waals surface area contributed by atoms with Crippen molar-refractivity contribution < 1.29 is 4.79 Å². The summed E-state index contributed by atoms with van der Waals surface area (Å²) in [7, 11) is 0. The molecule has 0 amide bonds. The van der Waals surface area contributed by atoms with Crippen LogP contribution in [0.2, 0.25) is 0 Å². The van der Waals surface area contributed by atoms with Gasteiger partial charge in [0.2, 0.25) is 0 Å². The van der Waals surface area contributed by atoms with Gasteiger partial charge in [0.25, 0.3) is 0 Å². The van der Waals surface area contributed by atoms with Crippen LogP contribution in [0.5, 0.6) is 0 Å². The van der Waals surface area contributed by atoms with Gasteiger partial charge in [-0.1, -0.05) is 13.8 Å². The summed E-state index contributed by atoms with van der Waals surface area (Å²) < 4.78 is 1.89. The first-order valence-electron chi connectivity index (χ1n) is 5.54. The highest BCUT2D eigenvalue weighted by Crippen LogP contribution is 2.08. The second-order valence-electron chi connectivity index (χ2n) is 4.69. The molecule has 0 aliphatic rings. The first kappa shape index (κ1) is 12.0. The first-order valence-corrected chi connectivity index (χ1v) is 5.54. The topological polar surface area (TPSA) is 34.9 Å². The lowest BCUT2D eigenvalue weighted by molar-refractivity contribution is -0.119. The smallest absolute Gasteiger partial charge is 0.139 e. The normalized spacial score (nSPS) is 11.3. The number of rotatable bonds is 5. The summed E-state index contributed by atoms with van der Waals surface area (Å²) in [4.78, 5) is 11.6. The lowest BCUT2D eigenvalue weighted by atomic mass is 10.0. The van der Waals surface area contributed by atoms with Crippen LogP contribution in [0.15, 0.2) is 12.3 Å². The standard InChI is InChI=1S/C12H20N2O/c1-9(2)7-12(15)8-11-5-6-14(13-11)10(3)4/h5-6,9-10H,7-8H2,1-4H3. The maximum absolute atomic E-state index is 11.6. The molecule has 0 aliphatic heterocycles. The van der Waals surface area contributed by atoms with Crippen LogP contribution >= 0.6 is 0 Å². The van der Waals surface area contributed by atoms with Gasteiger partial charge in [-0.05, 0) is 25.8 Å². The van der Waals surface area contributed by atoms with Crippen molar-refractivity contribution in [1.29, 1.82) is 0 Å². The maximum Gasteiger partial charge on any atom is 0.139 e. The van der Waals surface area contributed by atoms with Gasteiger partial charge in [0.05, 0.1) is 12.1 Å². The number of aromatic nitrogens is 2. The van der Waals surface area contributed by atoms with Crippen molar-refractivity contribution in [3.05, 3.63) is 18.0 Å². The molecule has 3 heteroatoms. The number of hydrogen-bond donors (Lipinski definition) is 0. The summed E-state index contributed by atoms with van der Waals surface area (Å²) in [6.45, 7) is 8.27. The Morgan fingerprint density at radius 1 is 1.40 bits per heavy atom. The van der Waals surface area contributed by atoms with E-state index in [-0.39, 0.29) is 5.78 Å². The van der Waals surface area contributed by atoms with Gasteiger partial charge in [-0.25, -0.2) is 0 Å². The Balaban J connectivity index is 2.53. The quantitative estimate of drug-likeness (QED) is 0.745. The molecule has 0 N–H and O–H groups in total. The van der Waals surface area contributed by atoms with Gasteiger partial charge in [0, 0.05) is 18.7 Å². The molecule has 1 aromatic heterocycles. The molecule has 0 fully saturated rings. The zero-order valence-corrected chi connectivity index (χ0v) is 10.0. The third-order valence-electron chi connectivity index (χ3n) is 2.21. The highest BCUT2D eigenvalue weighted by molar-refractivity contribution is 5.80. The molecule has 1 aromatic rings. The zero-order chi connectivity index (χ0) is 11.4. The molecule has 3 nitrogen and oxygen atoms in total. The lowest BCUT2D eigenvalue weighted by Crippen LogP contribution is -2.08. The monoisotopic (exact) mass is 208 g/mol. The third-order valence-corrected chi connectivity index (χ3v) is 2.21. The molecule has 0 unspecified atom stereocenters. The molecule has 0 saturated carbocycles. The maximum atomic E-state index is 11.6. The lowest BCUT2D eigenvalue weighted by Gasteiger charge is -2.04. The Hall–Kier alpha value is -1.12. The number of ketones is 1. The van der Waals surface area contributed by atoms with Crippen molar-refractivity contribution in [3.8, 4) is 0 Å². The minimum absolute atomic E-state index is 0.277. The Labute approximate surface area is 91.5 Å². The minimum atomic E-state index is 0.277. The van der Waals surface area contributed by atoms with Crippen LogP contribution < -0.4 is 0 Å². The van der Waals surface area contributed by atoms with Gasteiger partial charge < -0.3 is 0 Å². The van der Waals surface area contributed by atoms with Gasteiger partial charge in [-0.2, -0.15) is 5.10 Å². The largest absolute Gasteiger partial charge is 0.299 e. The van der Waals surface area contributed by atoms with Crippen LogP contribution in [0.25, 0.3) is 0 Å². The molecular formula is C12H20N2O. The number of hydrogen-bond acceptors (Lipinski definition) is 2. The Bertz CT molecular complexity index is 326. The van der Waals surface area contributed by atoms with Crippen LogP contribution in [0.1, 0.15) is 45.9 Å². The number of nitrogens with zero attached hydrogens (tertiary/aromatic N) is 2. The van der Waals surface area contributed by atoms with Gasteiger partial charge in [0.1, 0.15) is 5.78 Å². The molecule has 15 heavy (non-hydrogen) atoms. The van der Waals surface area contributed by atoms with Gasteiger partial charge in [-0.3, -0.25) is 9.48 Å². The molecule has 0 radical (unpaired) electrons. The van der Waals surface area contributed by atoms with Gasteiger partial charge >= 0.3 is 0 Å². The first-order chi connectivity index (χ1) is 6.99. The fourth-order valence-corrected chi connectivity index (χ4v) is 1.49. The summed E-state index contributed by atoms with van der Waals surface area (Å²) in [5.41, 5.74) is 0.884. The Morgan fingerprint density at radius 2 is 2.07 bits per heavy atom. The van der Waals surface area contributed by atoms with Gasteiger partial charge in [-0.15, -0.1) is 0 Å². The second-order valence-corrected chi connectivity index (χ2v) is 4.69. The van der Waals surface area contributed by atoms with Crippen molar-refractivity contribution in [3.63, 3.8) is 0 Å². The van der Waals surface area contributed by atoms with E-state index >= 15 is 0 Å². The van der Waals surface area contributed by atoms with E-state index in [2.05, 4.69) is 32.8 Å². The summed E-state index contributed by atoms with van der Waals surface area (Å²) in [5, 5.41) is 4.35. The van der Waals surface area contributed by atoms with E-state index in [9.17, 15) is 4.79 Å². The van der Waals surface area contributed by atoms with Crippen LogP contribution in [-0.4, -0.2) is 15.6 Å². The fraction of sp³-hybridized carbons (Fsp3) is 0.667. The SMILES string of the molecule is CC(C)CC(=O)Cc1ccn(C(C)C)n1. The summed E-state index contributed by atoms with van der Waals surface area (Å²) in [5.74, 6) is 0.712. The molecule has 1 heterocycles. The molecule has 84 valence electrons. The number of carbonyl (C=O) groups is 1. The molecule has 0 aromatic carbocycles. The van der Waals surface area contributed by atoms with E-state index in [4.69, 9.17) is 0 Å². The van der Waals surface area contributed by atoms with Crippen LogP contribution in [0.4, 0.5) is 0 Å². The third kappa shape index (κ3) is 3.86. The summed E-state index contributed by atoms with van der Waals surface area (Å²) >= 11 is 0. The second kappa shape index (κ2) is 5.10. The Kier molecular flexibility index (Phi) is 4.06. The highest BCUT2D eigenvalue weighted by atomic mass is 16.1. The number of Topliss-reactive ketones (excluding diaryl/α,β-unsaturated/α-hetero) is 1. The average Bonchev–Trinajstić information content (AvgIpc) is 2.50. The predicted octanol–water partition coefficient (Wildman–Crippen LogP) is 2.62. The van der Waals surface area contributed by atoms with E-state index in [1.165, 1.54) is 0 Å². The van der Waals surface area contributed by atoms with Crippen molar-refractivity contribution in [2.45, 2.75) is 46.6 Å². The van der Waals surface area contributed by atoms with E-state index in [1.807, 2.05) is 16.9 Å². The van der Waals surface area contributed by atoms with E-state index in [1.54, 1.807) is 0 Å². The fourth-order valence-electron chi connectivity index (χ4n) is 1.49. The van der Waals surface area contributed by atoms with Crippen molar-refractivity contribution in [2.24, 2.45) is 5.92 Å². The van der Waals surface area contributed by atoms with E-state index in [0.29, 0.717) is 24.8 Å². The molecule has 1 rings (SSSR count).